The summed E-state index contributed by atoms with van der Waals surface area (Å²) in [6, 6.07) is 0.151. The van der Waals surface area contributed by atoms with Crippen molar-refractivity contribution in [2.45, 2.75) is 37.5 Å². The number of aryl methyl sites for hydroxylation is 1. The van der Waals surface area contributed by atoms with Crippen LogP contribution in [0, 0.1) is 5.82 Å². The van der Waals surface area contributed by atoms with Gasteiger partial charge < -0.3 is 14.6 Å². The molecule has 0 radical (unpaired) electrons. The molecular weight excluding hydrogens is 323 g/mol. The fourth-order valence-electron chi connectivity index (χ4n) is 3.87. The first kappa shape index (κ1) is 16.4. The number of ether oxygens (including phenoxy) is 1. The van der Waals surface area contributed by atoms with E-state index >= 15 is 0 Å². The smallest absolute Gasteiger partial charge is 0.223 e. The summed E-state index contributed by atoms with van der Waals surface area (Å²) in [4.78, 5) is 14.8. The van der Waals surface area contributed by atoms with E-state index in [0.29, 0.717) is 12.6 Å². The number of piperidine rings is 1. The quantitative estimate of drug-likeness (QED) is 0.907. The van der Waals surface area contributed by atoms with Crippen LogP contribution in [0.25, 0.3) is 0 Å². The van der Waals surface area contributed by atoms with Crippen LogP contribution in [0.5, 0.6) is 0 Å². The lowest BCUT2D eigenvalue weighted by Crippen LogP contribution is -2.48. The van der Waals surface area contributed by atoms with Crippen molar-refractivity contribution in [2.75, 3.05) is 25.0 Å². The number of nitrogens with zero attached hydrogens (tertiary/aromatic N) is 5. The maximum absolute atomic E-state index is 12.9. The van der Waals surface area contributed by atoms with Crippen molar-refractivity contribution in [3.05, 3.63) is 36.4 Å². The highest BCUT2D eigenvalue weighted by Gasteiger charge is 2.43. The van der Waals surface area contributed by atoms with E-state index in [2.05, 4.69) is 29.7 Å². The van der Waals surface area contributed by atoms with Gasteiger partial charge in [-0.15, -0.1) is 0 Å². The zero-order chi connectivity index (χ0) is 17.3. The van der Waals surface area contributed by atoms with E-state index in [0.717, 1.165) is 44.7 Å². The van der Waals surface area contributed by atoms with Gasteiger partial charge >= 0.3 is 0 Å². The Hall–Kier alpha value is -2.06. The third kappa shape index (κ3) is 3.64. The van der Waals surface area contributed by atoms with Gasteiger partial charge in [-0.1, -0.05) is 0 Å². The molecular formula is C17H23FN6O. The molecule has 0 aliphatic carbocycles. The van der Waals surface area contributed by atoms with Crippen molar-refractivity contribution in [1.82, 2.24) is 24.4 Å². The van der Waals surface area contributed by atoms with E-state index in [-0.39, 0.29) is 11.6 Å². The number of aromatic nitrogens is 4. The molecule has 134 valence electrons. The van der Waals surface area contributed by atoms with Gasteiger partial charge in [0.25, 0.3) is 0 Å². The maximum atomic E-state index is 12.9. The highest BCUT2D eigenvalue weighted by Crippen LogP contribution is 2.35. The molecule has 0 aromatic carbocycles. The molecule has 2 aromatic heterocycles. The minimum atomic E-state index is -0.429. The van der Waals surface area contributed by atoms with Gasteiger partial charge in [0.15, 0.2) is 5.82 Å². The van der Waals surface area contributed by atoms with Crippen molar-refractivity contribution in [1.29, 1.82) is 0 Å². The average molecular weight is 346 g/mol. The van der Waals surface area contributed by atoms with Crippen molar-refractivity contribution in [3.63, 3.8) is 0 Å². The zero-order valence-electron chi connectivity index (χ0n) is 14.4. The largest absolute Gasteiger partial charge is 0.371 e. The van der Waals surface area contributed by atoms with Crippen LogP contribution in [-0.4, -0.2) is 55.8 Å². The molecule has 8 heteroatoms. The van der Waals surface area contributed by atoms with Crippen LogP contribution in [0.2, 0.25) is 0 Å². The Morgan fingerprint density at radius 1 is 1.36 bits per heavy atom. The van der Waals surface area contributed by atoms with Gasteiger partial charge in [-0.2, -0.15) is 0 Å². The van der Waals surface area contributed by atoms with Gasteiger partial charge in [-0.3, -0.25) is 4.90 Å². The lowest BCUT2D eigenvalue weighted by Gasteiger charge is -2.39. The SMILES string of the molecule is Cn1ccnc1CN1CCCC2(CC(Nc3ncc(F)cn3)CO2)C1. The summed E-state index contributed by atoms with van der Waals surface area (Å²) in [5.74, 6) is 1.10. The summed E-state index contributed by atoms with van der Waals surface area (Å²) >= 11 is 0. The molecule has 0 saturated carbocycles. The van der Waals surface area contributed by atoms with Gasteiger partial charge in [-0.05, 0) is 19.4 Å². The highest BCUT2D eigenvalue weighted by atomic mass is 19.1. The van der Waals surface area contributed by atoms with Gasteiger partial charge in [0.2, 0.25) is 5.95 Å². The Balaban J connectivity index is 1.37. The molecule has 2 fully saturated rings. The Bertz CT molecular complexity index is 720. The summed E-state index contributed by atoms with van der Waals surface area (Å²) < 4.78 is 21.2. The Morgan fingerprint density at radius 2 is 2.20 bits per heavy atom. The fraction of sp³-hybridized carbons (Fsp3) is 0.588. The number of hydrogen-bond acceptors (Lipinski definition) is 6. The van der Waals surface area contributed by atoms with Crippen LogP contribution in [0.1, 0.15) is 25.1 Å². The zero-order valence-corrected chi connectivity index (χ0v) is 14.4. The molecule has 0 bridgehead atoms. The first-order chi connectivity index (χ1) is 12.1. The predicted octanol–water partition coefficient (Wildman–Crippen LogP) is 1.58. The predicted molar refractivity (Wildman–Crippen MR) is 90.4 cm³/mol. The fourth-order valence-corrected chi connectivity index (χ4v) is 3.87. The molecule has 2 aromatic rings. The monoisotopic (exact) mass is 346 g/mol. The third-order valence-electron chi connectivity index (χ3n) is 5.07. The molecule has 2 aliphatic heterocycles. The molecule has 2 saturated heterocycles. The van der Waals surface area contributed by atoms with Crippen molar-refractivity contribution in [2.24, 2.45) is 7.05 Å². The number of rotatable bonds is 4. The Morgan fingerprint density at radius 3 is 2.96 bits per heavy atom. The second kappa shape index (κ2) is 6.68. The van der Waals surface area contributed by atoms with Crippen LogP contribution in [0.3, 0.4) is 0 Å². The standard InChI is InChI=1S/C17H23FN6O/c1-23-6-4-19-15(23)10-24-5-2-3-17(12-24)7-14(11-25-17)22-16-20-8-13(18)9-21-16/h4,6,8-9,14H,2-3,5,7,10-12H2,1H3,(H,20,21,22). The lowest BCUT2D eigenvalue weighted by molar-refractivity contribution is -0.0539. The third-order valence-corrected chi connectivity index (χ3v) is 5.07. The molecule has 0 amide bonds. The molecule has 2 unspecified atom stereocenters. The van der Waals surface area contributed by atoms with E-state index in [4.69, 9.17) is 4.74 Å². The van der Waals surface area contributed by atoms with Gasteiger partial charge in [0.1, 0.15) is 5.82 Å². The van der Waals surface area contributed by atoms with E-state index in [9.17, 15) is 4.39 Å². The van der Waals surface area contributed by atoms with Crippen molar-refractivity contribution < 1.29 is 9.13 Å². The van der Waals surface area contributed by atoms with Crippen molar-refractivity contribution in [3.8, 4) is 0 Å². The van der Waals surface area contributed by atoms with Crippen LogP contribution in [0.15, 0.2) is 24.8 Å². The molecule has 4 heterocycles. The van der Waals surface area contributed by atoms with Crippen LogP contribution in [0.4, 0.5) is 10.3 Å². The molecule has 4 rings (SSSR count). The number of anilines is 1. The molecule has 2 atom stereocenters. The number of imidazole rings is 1. The molecule has 25 heavy (non-hydrogen) atoms. The van der Waals surface area contributed by atoms with Gasteiger partial charge in [0.05, 0.1) is 37.2 Å². The minimum Gasteiger partial charge on any atom is -0.371 e. The Kier molecular flexibility index (Phi) is 4.39. The number of likely N-dealkylation sites (tertiary alicyclic amines) is 1. The second-order valence-corrected chi connectivity index (χ2v) is 7.03. The highest BCUT2D eigenvalue weighted by molar-refractivity contribution is 5.25. The summed E-state index contributed by atoms with van der Waals surface area (Å²) in [5, 5.41) is 3.26. The molecule has 7 nitrogen and oxygen atoms in total. The van der Waals surface area contributed by atoms with Gasteiger partial charge in [0, 0.05) is 32.4 Å². The van der Waals surface area contributed by atoms with Crippen LogP contribution >= 0.6 is 0 Å². The van der Waals surface area contributed by atoms with E-state index in [1.54, 1.807) is 0 Å². The minimum absolute atomic E-state index is 0.124. The van der Waals surface area contributed by atoms with Crippen molar-refractivity contribution >= 4 is 5.95 Å². The van der Waals surface area contributed by atoms with Crippen LogP contribution < -0.4 is 5.32 Å². The summed E-state index contributed by atoms with van der Waals surface area (Å²) in [6.07, 6.45) is 9.25. The number of hydrogen-bond donors (Lipinski definition) is 1. The first-order valence-electron chi connectivity index (χ1n) is 8.68. The number of halogens is 1. The normalized spacial score (nSPS) is 27.0. The summed E-state index contributed by atoms with van der Waals surface area (Å²) in [6.45, 7) is 3.43. The van der Waals surface area contributed by atoms with E-state index in [1.165, 1.54) is 12.4 Å². The topological polar surface area (TPSA) is 68.1 Å². The van der Waals surface area contributed by atoms with E-state index < -0.39 is 5.82 Å². The lowest BCUT2D eigenvalue weighted by atomic mass is 9.88. The number of nitrogens with one attached hydrogen (secondary N) is 1. The molecule has 1 N–H and O–H groups in total. The average Bonchev–Trinajstić information content (AvgIpc) is 3.17. The van der Waals surface area contributed by atoms with Crippen LogP contribution in [-0.2, 0) is 18.3 Å². The van der Waals surface area contributed by atoms with Gasteiger partial charge in [-0.25, -0.2) is 19.3 Å². The first-order valence-corrected chi connectivity index (χ1v) is 8.68. The molecule has 1 spiro atoms. The Labute approximate surface area is 146 Å². The maximum Gasteiger partial charge on any atom is 0.223 e. The second-order valence-electron chi connectivity index (χ2n) is 7.03. The molecule has 2 aliphatic rings. The summed E-state index contributed by atoms with van der Waals surface area (Å²) in [5.41, 5.74) is -0.124. The summed E-state index contributed by atoms with van der Waals surface area (Å²) in [7, 11) is 2.02. The van der Waals surface area contributed by atoms with E-state index in [1.807, 2.05) is 19.4 Å².